The monoisotopic (exact) mass is 512 g/mol. The summed E-state index contributed by atoms with van der Waals surface area (Å²) in [7, 11) is -2.67. The van der Waals surface area contributed by atoms with Gasteiger partial charge in [0.15, 0.2) is 0 Å². The van der Waals surface area contributed by atoms with Crippen LogP contribution in [0.15, 0.2) is 49.1 Å². The molecule has 1 aromatic carbocycles. The van der Waals surface area contributed by atoms with Gasteiger partial charge in [0.2, 0.25) is 16.7 Å². The number of aromatic nitrogens is 2. The summed E-state index contributed by atoms with van der Waals surface area (Å²) in [6.45, 7) is 4.17. The summed E-state index contributed by atoms with van der Waals surface area (Å²) in [6, 6.07) is 8.16. The summed E-state index contributed by atoms with van der Waals surface area (Å²) >= 11 is 0. The Labute approximate surface area is 207 Å². The number of rotatable bonds is 14. The number of carbonyl (C=O) groups is 2. The Bertz CT molecular complexity index is 976. The van der Waals surface area contributed by atoms with Crippen LogP contribution in [0.4, 0.5) is 0 Å². The molecule has 0 aliphatic heterocycles. The fourth-order valence-corrected chi connectivity index (χ4v) is 3.36. The molecule has 0 aliphatic carbocycles. The first kappa shape index (κ1) is 30.3. The van der Waals surface area contributed by atoms with Crippen molar-refractivity contribution >= 4 is 22.3 Å². The highest BCUT2D eigenvalue weighted by atomic mass is 32.3. The molecule has 1 atom stereocenters. The highest BCUT2D eigenvalue weighted by molar-refractivity contribution is 7.80. The van der Waals surface area contributed by atoms with Gasteiger partial charge in [0.25, 0.3) is 6.04 Å². The van der Waals surface area contributed by atoms with Crippen LogP contribution in [-0.2, 0) is 47.3 Å². The SMILES string of the molecule is CCCCCCCCOS(=O)(=O)[O-].CCOC(=O)[C@@H](C(=O)OCc1ccccc1)n1cc[n+](C)c1. The van der Waals surface area contributed by atoms with Crippen LogP contribution in [0.2, 0.25) is 0 Å². The third-order valence-corrected chi connectivity index (χ3v) is 5.23. The normalized spacial score (nSPS) is 11.8. The molecular weight excluding hydrogens is 476 g/mol. The molecule has 10 nitrogen and oxygen atoms in total. The molecule has 0 radical (unpaired) electrons. The van der Waals surface area contributed by atoms with Crippen molar-refractivity contribution < 1.29 is 40.8 Å². The van der Waals surface area contributed by atoms with E-state index in [1.807, 2.05) is 30.3 Å². The van der Waals surface area contributed by atoms with Crippen molar-refractivity contribution in [1.82, 2.24) is 4.57 Å². The van der Waals surface area contributed by atoms with Gasteiger partial charge in [-0.25, -0.2) is 27.1 Å². The number of ether oxygens (including phenoxy) is 2. The number of nitrogens with zero attached hydrogens (tertiary/aromatic N) is 2. The highest BCUT2D eigenvalue weighted by Crippen LogP contribution is 2.12. The number of carbonyl (C=O) groups excluding carboxylic acids is 2. The van der Waals surface area contributed by atoms with Gasteiger partial charge in [-0.1, -0.05) is 69.4 Å². The molecule has 0 spiro atoms. The largest absolute Gasteiger partial charge is 0.726 e. The van der Waals surface area contributed by atoms with Crippen molar-refractivity contribution in [2.75, 3.05) is 13.2 Å². The molecule has 0 saturated carbocycles. The number of aryl methyl sites for hydroxylation is 1. The van der Waals surface area contributed by atoms with Crippen molar-refractivity contribution in [2.45, 2.75) is 65.0 Å². The Balaban J connectivity index is 0.000000405. The Morgan fingerprint density at radius 3 is 2.20 bits per heavy atom. The summed E-state index contributed by atoms with van der Waals surface area (Å²) in [5.41, 5.74) is 0.858. The van der Waals surface area contributed by atoms with E-state index in [0.717, 1.165) is 18.4 Å². The lowest BCUT2D eigenvalue weighted by Crippen LogP contribution is -2.32. The Kier molecular flexibility index (Phi) is 14.5. The second-order valence-electron chi connectivity index (χ2n) is 7.77. The van der Waals surface area contributed by atoms with E-state index in [2.05, 4.69) is 11.1 Å². The molecule has 2 rings (SSSR count). The van der Waals surface area contributed by atoms with Gasteiger partial charge >= 0.3 is 11.9 Å². The molecule has 0 saturated heterocycles. The van der Waals surface area contributed by atoms with Gasteiger partial charge in [0.05, 0.1) is 20.3 Å². The molecule has 0 amide bonds. The number of unbranched alkanes of at least 4 members (excludes halogenated alkanes) is 5. The van der Waals surface area contributed by atoms with Crippen LogP contribution in [0.3, 0.4) is 0 Å². The van der Waals surface area contributed by atoms with Crippen molar-refractivity contribution in [2.24, 2.45) is 7.05 Å². The molecule has 2 aromatic rings. The molecule has 35 heavy (non-hydrogen) atoms. The van der Waals surface area contributed by atoms with Crippen LogP contribution >= 0.6 is 0 Å². The zero-order valence-corrected chi connectivity index (χ0v) is 21.4. The van der Waals surface area contributed by atoms with E-state index in [1.54, 1.807) is 37.3 Å². The number of esters is 2. The van der Waals surface area contributed by atoms with E-state index in [9.17, 15) is 22.6 Å². The van der Waals surface area contributed by atoms with Gasteiger partial charge in [0, 0.05) is 0 Å². The van der Waals surface area contributed by atoms with Gasteiger partial charge < -0.3 is 14.0 Å². The summed E-state index contributed by atoms with van der Waals surface area (Å²) in [5, 5.41) is 0. The molecule has 196 valence electrons. The number of benzene rings is 1. The first-order valence-electron chi connectivity index (χ1n) is 11.7. The maximum Gasteiger partial charge on any atom is 0.364 e. The maximum atomic E-state index is 12.3. The summed E-state index contributed by atoms with van der Waals surface area (Å²) in [6.07, 6.45) is 11.2. The maximum absolute atomic E-state index is 12.3. The molecule has 1 heterocycles. The van der Waals surface area contributed by atoms with Crippen LogP contribution in [0.5, 0.6) is 0 Å². The molecule has 0 fully saturated rings. The highest BCUT2D eigenvalue weighted by Gasteiger charge is 2.36. The van der Waals surface area contributed by atoms with Crippen LogP contribution < -0.4 is 4.57 Å². The van der Waals surface area contributed by atoms with Crippen LogP contribution in [0, 0.1) is 0 Å². The number of hydrogen-bond acceptors (Lipinski definition) is 8. The smallest absolute Gasteiger partial charge is 0.364 e. The van der Waals surface area contributed by atoms with Crippen molar-refractivity contribution in [3.63, 3.8) is 0 Å². The van der Waals surface area contributed by atoms with E-state index in [0.29, 0.717) is 6.42 Å². The Hall–Kier alpha value is -2.76. The van der Waals surface area contributed by atoms with E-state index in [4.69, 9.17) is 9.47 Å². The van der Waals surface area contributed by atoms with Crippen molar-refractivity contribution in [1.29, 1.82) is 0 Å². The van der Waals surface area contributed by atoms with Gasteiger partial charge in [-0.3, -0.25) is 4.18 Å². The average Bonchev–Trinajstić information content (AvgIpc) is 3.23. The zero-order chi connectivity index (χ0) is 26.1. The molecule has 11 heteroatoms. The second kappa shape index (κ2) is 16.8. The third kappa shape index (κ3) is 13.6. The van der Waals surface area contributed by atoms with Crippen molar-refractivity contribution in [3.05, 3.63) is 54.6 Å². The summed E-state index contributed by atoms with van der Waals surface area (Å²) in [4.78, 5) is 24.3. The predicted octanol–water partition coefficient (Wildman–Crippen LogP) is 2.98. The quantitative estimate of drug-likeness (QED) is 0.0944. The van der Waals surface area contributed by atoms with Crippen molar-refractivity contribution in [3.8, 4) is 0 Å². The van der Waals surface area contributed by atoms with E-state index < -0.39 is 28.4 Å². The first-order valence-corrected chi connectivity index (χ1v) is 13.0. The van der Waals surface area contributed by atoms with Crippen LogP contribution in [0.1, 0.15) is 64.0 Å². The van der Waals surface area contributed by atoms with Gasteiger partial charge in [0.1, 0.15) is 19.0 Å². The average molecular weight is 513 g/mol. The number of imidazole rings is 1. The fourth-order valence-electron chi connectivity index (χ4n) is 3.03. The predicted molar refractivity (Wildman–Crippen MR) is 127 cm³/mol. The zero-order valence-electron chi connectivity index (χ0n) is 20.6. The van der Waals surface area contributed by atoms with E-state index in [-0.39, 0.29) is 19.8 Å². The third-order valence-electron chi connectivity index (χ3n) is 4.77. The van der Waals surface area contributed by atoms with Crippen LogP contribution in [0.25, 0.3) is 0 Å². The minimum absolute atomic E-state index is 0.0258. The minimum atomic E-state index is -4.47. The molecule has 0 unspecified atom stereocenters. The molecule has 1 aromatic heterocycles. The lowest BCUT2D eigenvalue weighted by Gasteiger charge is -2.12. The molecular formula is C24H36N2O8S. The second-order valence-corrected chi connectivity index (χ2v) is 8.82. The van der Waals surface area contributed by atoms with Gasteiger partial charge in [-0.2, -0.15) is 0 Å². The number of hydrogen-bond donors (Lipinski definition) is 0. The lowest BCUT2D eigenvalue weighted by atomic mass is 10.1. The van der Waals surface area contributed by atoms with Gasteiger partial charge in [-0.15, -0.1) is 0 Å². The molecule has 0 bridgehead atoms. The van der Waals surface area contributed by atoms with E-state index in [1.165, 1.54) is 23.8 Å². The minimum Gasteiger partial charge on any atom is -0.726 e. The fraction of sp³-hybridized carbons (Fsp3) is 0.542. The Morgan fingerprint density at radius 1 is 1.00 bits per heavy atom. The molecule has 0 aliphatic rings. The topological polar surface area (TPSA) is 128 Å². The molecule has 0 N–H and O–H groups in total. The van der Waals surface area contributed by atoms with Gasteiger partial charge in [-0.05, 0) is 18.9 Å². The first-order chi connectivity index (χ1) is 16.7. The summed E-state index contributed by atoms with van der Waals surface area (Å²) in [5.74, 6) is -1.27. The standard InChI is InChI=1S/C16H19N2O4.C8H18O4S/c1-3-21-15(19)14(18-10-9-17(2)12-18)16(20)22-11-13-7-5-4-6-8-13;1-2-3-4-5-6-7-8-12-13(9,10)11/h4-10,12,14H,3,11H2,1-2H3;2-8H2,1H3,(H,9,10,11)/q+1;/p-1/t14-;/m0./s1. The van der Waals surface area contributed by atoms with Crippen LogP contribution in [-0.4, -0.2) is 42.7 Å². The van der Waals surface area contributed by atoms with E-state index >= 15 is 0 Å². The lowest BCUT2D eigenvalue weighted by molar-refractivity contribution is -0.671. The summed E-state index contributed by atoms with van der Waals surface area (Å²) < 4.78 is 47.5. The Morgan fingerprint density at radius 2 is 1.63 bits per heavy atom.